The highest BCUT2D eigenvalue weighted by Gasteiger charge is 2.37. The van der Waals surface area contributed by atoms with Gasteiger partial charge in [0.1, 0.15) is 0 Å². The van der Waals surface area contributed by atoms with Gasteiger partial charge in [-0.2, -0.15) is 0 Å². The lowest BCUT2D eigenvalue weighted by Gasteiger charge is -2.18. The minimum absolute atomic E-state index is 0.0913. The molecule has 0 radical (unpaired) electrons. The van der Waals surface area contributed by atoms with Crippen LogP contribution in [-0.4, -0.2) is 20.1 Å². The Morgan fingerprint density at radius 2 is 1.93 bits per heavy atom. The molecule has 1 aromatic rings. The van der Waals surface area contributed by atoms with Gasteiger partial charge in [-0.05, 0) is 18.1 Å². The normalized spacial score (nSPS) is 24.1. The lowest BCUT2D eigenvalue weighted by Crippen LogP contribution is -2.15. The predicted octanol–water partition coefficient (Wildman–Crippen LogP) is 1.85. The molecule has 1 aromatic carbocycles. The van der Waals surface area contributed by atoms with E-state index in [1.54, 1.807) is 25.1 Å². The Kier molecular flexibility index (Phi) is 2.38. The van der Waals surface area contributed by atoms with Crippen LogP contribution < -0.4 is 10.6 Å². The van der Waals surface area contributed by atoms with E-state index in [0.717, 1.165) is 12.0 Å². The minimum Gasteiger partial charge on any atom is -0.375 e. The molecule has 0 aromatic heterocycles. The molecule has 0 aliphatic heterocycles. The molecular formula is C11H14F2N2. The van der Waals surface area contributed by atoms with E-state index < -0.39 is 11.6 Å². The molecule has 2 nitrogen and oxygen atoms in total. The Morgan fingerprint density at radius 3 is 2.40 bits per heavy atom. The van der Waals surface area contributed by atoms with Crippen molar-refractivity contribution in [1.82, 2.24) is 0 Å². The van der Waals surface area contributed by atoms with E-state index in [1.807, 2.05) is 0 Å². The summed E-state index contributed by atoms with van der Waals surface area (Å²) in [4.78, 5) is 1.60. The van der Waals surface area contributed by atoms with Crippen LogP contribution in [-0.2, 0) is 0 Å². The van der Waals surface area contributed by atoms with Gasteiger partial charge >= 0.3 is 0 Å². The summed E-state index contributed by atoms with van der Waals surface area (Å²) in [5.41, 5.74) is 6.86. The van der Waals surface area contributed by atoms with Crippen molar-refractivity contribution in [3.63, 3.8) is 0 Å². The van der Waals surface area contributed by atoms with Crippen molar-refractivity contribution in [3.05, 3.63) is 29.3 Å². The molecule has 0 bridgehead atoms. The molecule has 0 saturated heterocycles. The molecule has 1 aliphatic rings. The number of anilines is 1. The third-order valence-corrected chi connectivity index (χ3v) is 2.79. The second-order valence-corrected chi connectivity index (χ2v) is 4.20. The molecule has 2 atom stereocenters. The molecule has 2 unspecified atom stereocenters. The molecule has 2 rings (SSSR count). The molecule has 0 heterocycles. The van der Waals surface area contributed by atoms with Crippen molar-refractivity contribution < 1.29 is 8.78 Å². The van der Waals surface area contributed by atoms with Gasteiger partial charge in [-0.1, -0.05) is 6.07 Å². The summed E-state index contributed by atoms with van der Waals surface area (Å²) in [6.45, 7) is 0. The zero-order valence-electron chi connectivity index (χ0n) is 8.80. The van der Waals surface area contributed by atoms with Crippen molar-refractivity contribution in [2.75, 3.05) is 19.0 Å². The maximum Gasteiger partial charge on any atom is 0.182 e. The minimum atomic E-state index is -0.809. The van der Waals surface area contributed by atoms with E-state index in [9.17, 15) is 8.78 Å². The second-order valence-electron chi connectivity index (χ2n) is 4.20. The highest BCUT2D eigenvalue weighted by atomic mass is 19.2. The fourth-order valence-corrected chi connectivity index (χ4v) is 1.88. The van der Waals surface area contributed by atoms with E-state index in [-0.39, 0.29) is 12.0 Å². The van der Waals surface area contributed by atoms with Crippen LogP contribution in [0.3, 0.4) is 0 Å². The molecular weight excluding hydrogens is 198 g/mol. The van der Waals surface area contributed by atoms with Gasteiger partial charge in [0.25, 0.3) is 0 Å². The number of benzene rings is 1. The van der Waals surface area contributed by atoms with Gasteiger partial charge in [-0.3, -0.25) is 0 Å². The quantitative estimate of drug-likeness (QED) is 0.810. The van der Waals surface area contributed by atoms with E-state index in [4.69, 9.17) is 5.73 Å². The van der Waals surface area contributed by atoms with Crippen LogP contribution in [0.5, 0.6) is 0 Å². The average molecular weight is 212 g/mol. The third-order valence-electron chi connectivity index (χ3n) is 2.79. The van der Waals surface area contributed by atoms with Gasteiger partial charge in [0.05, 0.1) is 5.69 Å². The molecule has 15 heavy (non-hydrogen) atoms. The predicted molar refractivity (Wildman–Crippen MR) is 56.0 cm³/mol. The van der Waals surface area contributed by atoms with Crippen LogP contribution in [0.25, 0.3) is 0 Å². The number of hydrogen-bond acceptors (Lipinski definition) is 2. The molecule has 0 amide bonds. The molecule has 1 aliphatic carbocycles. The fourth-order valence-electron chi connectivity index (χ4n) is 1.88. The summed E-state index contributed by atoms with van der Waals surface area (Å²) in [6, 6.07) is 2.89. The van der Waals surface area contributed by atoms with Crippen molar-refractivity contribution in [1.29, 1.82) is 0 Å². The van der Waals surface area contributed by atoms with Gasteiger partial charge in [-0.15, -0.1) is 0 Å². The molecule has 4 heteroatoms. The number of rotatable bonds is 2. The van der Waals surface area contributed by atoms with Gasteiger partial charge in [0, 0.05) is 26.1 Å². The Balaban J connectivity index is 2.50. The number of halogens is 2. The lowest BCUT2D eigenvalue weighted by molar-refractivity contribution is 0.507. The van der Waals surface area contributed by atoms with E-state index in [1.165, 1.54) is 6.07 Å². The summed E-state index contributed by atoms with van der Waals surface area (Å²) in [6.07, 6.45) is 0.853. The van der Waals surface area contributed by atoms with Crippen molar-refractivity contribution >= 4 is 5.69 Å². The molecule has 82 valence electrons. The number of hydrogen-bond donors (Lipinski definition) is 1. The van der Waals surface area contributed by atoms with Crippen molar-refractivity contribution in [3.8, 4) is 0 Å². The van der Waals surface area contributed by atoms with Gasteiger partial charge in [-0.25, -0.2) is 8.78 Å². The monoisotopic (exact) mass is 212 g/mol. The number of nitrogens with two attached hydrogens (primary N) is 1. The second kappa shape index (κ2) is 3.45. The summed E-state index contributed by atoms with van der Waals surface area (Å²) in [7, 11) is 3.41. The van der Waals surface area contributed by atoms with Crippen molar-refractivity contribution in [2.24, 2.45) is 5.73 Å². The van der Waals surface area contributed by atoms with E-state index in [0.29, 0.717) is 5.69 Å². The summed E-state index contributed by atoms with van der Waals surface area (Å²) >= 11 is 0. The first kappa shape index (κ1) is 10.4. The van der Waals surface area contributed by atoms with Gasteiger partial charge in [0.2, 0.25) is 0 Å². The molecule has 0 spiro atoms. The Bertz CT molecular complexity index is 390. The molecule has 2 N–H and O–H groups in total. The zero-order valence-corrected chi connectivity index (χ0v) is 8.80. The van der Waals surface area contributed by atoms with Crippen LogP contribution in [0.2, 0.25) is 0 Å². The topological polar surface area (TPSA) is 29.3 Å². The summed E-state index contributed by atoms with van der Waals surface area (Å²) in [5, 5.41) is 0. The lowest BCUT2D eigenvalue weighted by atomic mass is 10.1. The van der Waals surface area contributed by atoms with Crippen LogP contribution in [0, 0.1) is 11.6 Å². The van der Waals surface area contributed by atoms with Crippen LogP contribution in [0.1, 0.15) is 17.9 Å². The molecule has 1 saturated carbocycles. The van der Waals surface area contributed by atoms with E-state index >= 15 is 0 Å². The maximum atomic E-state index is 13.6. The summed E-state index contributed by atoms with van der Waals surface area (Å²) < 4.78 is 26.6. The Hall–Kier alpha value is -1.16. The van der Waals surface area contributed by atoms with Crippen molar-refractivity contribution in [2.45, 2.75) is 18.4 Å². The maximum absolute atomic E-state index is 13.6. The first-order chi connectivity index (χ1) is 7.02. The van der Waals surface area contributed by atoms with Gasteiger partial charge < -0.3 is 10.6 Å². The standard InChI is InChI=1S/C11H14F2N2/c1-15(2)11-6(7-5-9(7)14)3-4-8(12)10(11)13/h3-4,7,9H,5,14H2,1-2H3. The molecule has 1 fully saturated rings. The van der Waals surface area contributed by atoms with Gasteiger partial charge in [0.15, 0.2) is 11.6 Å². The SMILES string of the molecule is CN(C)c1c(C2CC2N)ccc(F)c1F. The largest absolute Gasteiger partial charge is 0.375 e. The smallest absolute Gasteiger partial charge is 0.182 e. The number of nitrogens with zero attached hydrogens (tertiary/aromatic N) is 1. The third kappa shape index (κ3) is 1.69. The van der Waals surface area contributed by atoms with Crippen LogP contribution >= 0.6 is 0 Å². The first-order valence-electron chi connectivity index (χ1n) is 4.93. The first-order valence-corrected chi connectivity index (χ1v) is 4.93. The van der Waals surface area contributed by atoms with E-state index in [2.05, 4.69) is 0 Å². The Morgan fingerprint density at radius 1 is 1.33 bits per heavy atom. The fraction of sp³-hybridized carbons (Fsp3) is 0.455. The van der Waals surface area contributed by atoms with Crippen LogP contribution in [0.15, 0.2) is 12.1 Å². The zero-order chi connectivity index (χ0) is 11.2. The highest BCUT2D eigenvalue weighted by molar-refractivity contribution is 5.57. The van der Waals surface area contributed by atoms with Crippen LogP contribution in [0.4, 0.5) is 14.5 Å². The Labute approximate surface area is 87.7 Å². The summed E-state index contributed by atoms with van der Waals surface area (Å²) in [5.74, 6) is -1.41. The average Bonchev–Trinajstić information content (AvgIpc) is 2.86. The highest BCUT2D eigenvalue weighted by Crippen LogP contribution is 2.44.